The number of alkyl carbamates (subject to hydrolysis) is 1. The second-order valence-electron chi connectivity index (χ2n) is 2.99. The Balaban J connectivity index is 2.49. The van der Waals surface area contributed by atoms with E-state index >= 15 is 0 Å². The topological polar surface area (TPSA) is 81.5 Å². The highest BCUT2D eigenvalue weighted by Gasteiger charge is 2.22. The molecule has 0 unspecified atom stereocenters. The Morgan fingerprint density at radius 2 is 2.31 bits per heavy atom. The molecule has 1 N–H and O–H groups in total. The predicted octanol–water partition coefficient (Wildman–Crippen LogP) is 1.25. The molecule has 1 fully saturated rings. The third-order valence-electron chi connectivity index (χ3n) is 1.84. The summed E-state index contributed by atoms with van der Waals surface area (Å²) in [5.41, 5.74) is -1.19. The first kappa shape index (κ1) is 5.29. The standard InChI is InChI=1S/C10H10N2O4/c13-10-11-8(6-16-10)5-7-1-3-9(4-2-7)12(14)15/h1-4,8H,5-6H2,(H,11,13)/t8-/m0/s1/i1D,2D,3D,4D,6D2. The van der Waals surface area contributed by atoms with Crippen LogP contribution in [-0.4, -0.2) is 23.6 Å². The molecule has 1 heterocycles. The average molecular weight is 228 g/mol. The van der Waals surface area contributed by atoms with E-state index in [9.17, 15) is 14.9 Å². The number of benzene rings is 1. The third kappa shape index (κ3) is 2.28. The Bertz CT molecular complexity index is 651. The van der Waals surface area contributed by atoms with Gasteiger partial charge in [-0.3, -0.25) is 10.1 Å². The van der Waals surface area contributed by atoms with E-state index in [1.807, 2.05) is 0 Å². The van der Waals surface area contributed by atoms with E-state index in [0.29, 0.717) is 0 Å². The van der Waals surface area contributed by atoms with Gasteiger partial charge < -0.3 is 10.1 Å². The number of carbonyl (C=O) groups excluding carboxylic acids is 1. The summed E-state index contributed by atoms with van der Waals surface area (Å²) in [6.07, 6.45) is -1.40. The molecule has 1 atom stereocenters. The molecule has 0 saturated carbocycles. The molecule has 0 spiro atoms. The van der Waals surface area contributed by atoms with E-state index in [1.165, 1.54) is 0 Å². The van der Waals surface area contributed by atoms with Gasteiger partial charge in [-0.2, -0.15) is 0 Å². The van der Waals surface area contributed by atoms with Crippen molar-refractivity contribution in [1.29, 1.82) is 0 Å². The molecule has 1 aliphatic rings. The second-order valence-corrected chi connectivity index (χ2v) is 2.99. The Morgan fingerprint density at radius 3 is 2.81 bits per heavy atom. The van der Waals surface area contributed by atoms with E-state index in [2.05, 4.69) is 10.1 Å². The maximum atomic E-state index is 11.1. The summed E-state index contributed by atoms with van der Waals surface area (Å²) in [4.78, 5) is 20.9. The number of carbonyl (C=O) groups is 1. The summed E-state index contributed by atoms with van der Waals surface area (Å²) >= 11 is 0. The maximum Gasteiger partial charge on any atom is 0.407 e. The van der Waals surface area contributed by atoms with Gasteiger partial charge >= 0.3 is 6.09 Å². The van der Waals surface area contributed by atoms with Crippen molar-refractivity contribution >= 4 is 11.8 Å². The van der Waals surface area contributed by atoms with Crippen LogP contribution >= 0.6 is 0 Å². The number of rotatable bonds is 3. The van der Waals surface area contributed by atoms with Crippen LogP contribution in [0.2, 0.25) is 0 Å². The maximum absolute atomic E-state index is 11.1. The first-order valence-corrected chi connectivity index (χ1v) is 4.29. The van der Waals surface area contributed by atoms with Gasteiger partial charge in [-0.15, -0.1) is 0 Å². The number of hydrogen-bond acceptors (Lipinski definition) is 4. The molecule has 84 valence electrons. The molecule has 0 bridgehead atoms. The molecule has 1 aliphatic heterocycles. The van der Waals surface area contributed by atoms with Crippen LogP contribution in [0, 0.1) is 10.1 Å². The van der Waals surface area contributed by atoms with Gasteiger partial charge in [0, 0.05) is 12.1 Å². The number of hydrogen-bond donors (Lipinski definition) is 1. The Labute approximate surface area is 99.8 Å². The minimum absolute atomic E-state index is 0.236. The van der Waals surface area contributed by atoms with Gasteiger partial charge in [0.15, 0.2) is 0 Å². The number of ether oxygens (including phenoxy) is 1. The minimum atomic E-state index is -2.39. The minimum Gasteiger partial charge on any atom is -0.447 e. The van der Waals surface area contributed by atoms with E-state index in [1.54, 1.807) is 0 Å². The van der Waals surface area contributed by atoms with Gasteiger partial charge in [0.05, 0.1) is 19.2 Å². The van der Waals surface area contributed by atoms with Crippen LogP contribution in [0.1, 0.15) is 13.8 Å². The summed E-state index contributed by atoms with van der Waals surface area (Å²) in [5.74, 6) is 0. The molecule has 6 heteroatoms. The van der Waals surface area contributed by atoms with E-state index in [4.69, 9.17) is 8.22 Å². The van der Waals surface area contributed by atoms with Crippen molar-refractivity contribution in [2.45, 2.75) is 12.5 Å². The second kappa shape index (κ2) is 4.18. The molecular weight excluding hydrogens is 212 g/mol. The molecule has 2 rings (SSSR count). The van der Waals surface area contributed by atoms with Crippen LogP contribution in [0.3, 0.4) is 0 Å². The van der Waals surface area contributed by atoms with Crippen molar-refractivity contribution in [2.75, 3.05) is 6.56 Å². The van der Waals surface area contributed by atoms with Crippen molar-refractivity contribution in [3.63, 3.8) is 0 Å². The molecule has 6 nitrogen and oxygen atoms in total. The molecule has 1 saturated heterocycles. The van der Waals surface area contributed by atoms with Crippen LogP contribution in [0.15, 0.2) is 24.2 Å². The van der Waals surface area contributed by atoms with Crippen molar-refractivity contribution in [3.05, 3.63) is 39.8 Å². The zero-order chi connectivity index (χ0) is 16.8. The highest BCUT2D eigenvalue weighted by molar-refractivity contribution is 5.69. The Kier molecular flexibility index (Phi) is 1.38. The Hall–Kier alpha value is -2.11. The lowest BCUT2D eigenvalue weighted by Crippen LogP contribution is -2.28. The molecule has 1 amide bonds. The monoisotopic (exact) mass is 228 g/mol. The number of amides is 1. The highest BCUT2D eigenvalue weighted by Crippen LogP contribution is 2.14. The first-order valence-electron chi connectivity index (χ1n) is 7.29. The number of nitrogens with one attached hydrogen (secondary N) is 1. The lowest BCUT2D eigenvalue weighted by molar-refractivity contribution is -0.384. The van der Waals surface area contributed by atoms with Gasteiger partial charge in [0.2, 0.25) is 0 Å². The molecular formula is C10H10N2O4. The van der Waals surface area contributed by atoms with Gasteiger partial charge in [-0.1, -0.05) is 12.1 Å². The fourth-order valence-electron chi connectivity index (χ4n) is 1.15. The van der Waals surface area contributed by atoms with Crippen molar-refractivity contribution in [2.24, 2.45) is 0 Å². The first-order chi connectivity index (χ1) is 10.1. The van der Waals surface area contributed by atoms with Crippen LogP contribution in [0.4, 0.5) is 10.5 Å². The summed E-state index contributed by atoms with van der Waals surface area (Å²) in [6, 6.07) is -4.18. The fraction of sp³-hybridized carbons (Fsp3) is 0.300. The number of nitro groups is 1. The summed E-state index contributed by atoms with van der Waals surface area (Å²) in [5, 5.41) is 13.0. The van der Waals surface area contributed by atoms with Crippen molar-refractivity contribution in [3.8, 4) is 0 Å². The van der Waals surface area contributed by atoms with Gasteiger partial charge in [-0.05, 0) is 12.0 Å². The molecule has 0 radical (unpaired) electrons. The van der Waals surface area contributed by atoms with Crippen LogP contribution in [0.5, 0.6) is 0 Å². The largest absolute Gasteiger partial charge is 0.447 e. The van der Waals surface area contributed by atoms with Gasteiger partial charge in [-0.25, -0.2) is 4.79 Å². The smallest absolute Gasteiger partial charge is 0.407 e. The van der Waals surface area contributed by atoms with E-state index in [-0.39, 0.29) is 5.56 Å². The average Bonchev–Trinajstić information content (AvgIpc) is 2.64. The predicted molar refractivity (Wildman–Crippen MR) is 55.1 cm³/mol. The molecule has 16 heavy (non-hydrogen) atoms. The molecule has 0 aliphatic carbocycles. The van der Waals surface area contributed by atoms with Gasteiger partial charge in [0.25, 0.3) is 5.69 Å². The fourth-order valence-corrected chi connectivity index (χ4v) is 1.15. The van der Waals surface area contributed by atoms with E-state index < -0.39 is 59.9 Å². The van der Waals surface area contributed by atoms with Crippen molar-refractivity contribution < 1.29 is 22.7 Å². The normalized spacial score (nSPS) is 27.5. The summed E-state index contributed by atoms with van der Waals surface area (Å²) in [6.45, 7) is -2.39. The Morgan fingerprint density at radius 1 is 1.62 bits per heavy atom. The quantitative estimate of drug-likeness (QED) is 0.623. The summed E-state index contributed by atoms with van der Waals surface area (Å²) in [7, 11) is 0. The zero-order valence-electron chi connectivity index (χ0n) is 13.9. The van der Waals surface area contributed by atoms with Gasteiger partial charge in [0.1, 0.15) is 6.56 Å². The third-order valence-corrected chi connectivity index (χ3v) is 1.84. The zero-order valence-corrected chi connectivity index (χ0v) is 7.86. The highest BCUT2D eigenvalue weighted by atomic mass is 16.6. The van der Waals surface area contributed by atoms with Crippen molar-refractivity contribution in [1.82, 2.24) is 5.32 Å². The number of cyclic esters (lactones) is 1. The lowest BCUT2D eigenvalue weighted by atomic mass is 10.1. The molecule has 1 aromatic carbocycles. The number of nitrogens with zero attached hydrogens (tertiary/aromatic N) is 1. The number of nitro benzene ring substituents is 1. The van der Waals surface area contributed by atoms with Crippen LogP contribution in [-0.2, 0) is 11.2 Å². The lowest BCUT2D eigenvalue weighted by Gasteiger charge is -2.06. The van der Waals surface area contributed by atoms with Crippen LogP contribution in [0.25, 0.3) is 0 Å². The van der Waals surface area contributed by atoms with E-state index in [0.717, 1.165) is 0 Å². The SMILES string of the molecule is [2H]c1c([2H])c([N+](=O)[O-])c([2H])c([2H])c1C[C@@H]1NC(=O)OC1([2H])[2H]. The molecule has 1 aromatic rings. The molecule has 0 aromatic heterocycles. The summed E-state index contributed by atoms with van der Waals surface area (Å²) < 4.78 is 50.1. The van der Waals surface area contributed by atoms with Crippen LogP contribution < -0.4 is 5.32 Å².